The van der Waals surface area contributed by atoms with Gasteiger partial charge in [-0.05, 0) is 24.1 Å². The van der Waals surface area contributed by atoms with E-state index in [2.05, 4.69) is 0 Å². The molecule has 1 rings (SSSR count). The fourth-order valence-corrected chi connectivity index (χ4v) is 1.38. The standard InChI is InChI=1S/C11H13F2NO3/c1-6-2-3-7(8(15)4-6)5-11(14,9(12)13)10(16)17/h2-4,9,15H,5,14H2,1H3,(H,16,17). The normalized spacial score (nSPS) is 14.6. The van der Waals surface area contributed by atoms with Crippen LogP contribution in [-0.4, -0.2) is 28.1 Å². The van der Waals surface area contributed by atoms with E-state index in [9.17, 15) is 18.7 Å². The van der Waals surface area contributed by atoms with Crippen molar-refractivity contribution in [2.24, 2.45) is 5.73 Å². The van der Waals surface area contributed by atoms with Gasteiger partial charge in [0.15, 0.2) is 5.54 Å². The van der Waals surface area contributed by atoms with Gasteiger partial charge in [0.05, 0.1) is 0 Å². The molecular weight excluding hydrogens is 232 g/mol. The average Bonchev–Trinajstić information content (AvgIpc) is 2.21. The molecule has 6 heteroatoms. The second-order valence-electron chi connectivity index (χ2n) is 3.96. The third-order valence-electron chi connectivity index (χ3n) is 2.51. The lowest BCUT2D eigenvalue weighted by atomic mass is 9.91. The number of carboxylic acids is 1. The van der Waals surface area contributed by atoms with Crippen molar-refractivity contribution < 1.29 is 23.8 Å². The summed E-state index contributed by atoms with van der Waals surface area (Å²) in [6.45, 7) is 1.71. The minimum absolute atomic E-state index is 0.0841. The molecule has 0 radical (unpaired) electrons. The number of hydrogen-bond acceptors (Lipinski definition) is 3. The van der Waals surface area contributed by atoms with Gasteiger partial charge in [0.1, 0.15) is 5.75 Å². The monoisotopic (exact) mass is 245 g/mol. The van der Waals surface area contributed by atoms with Crippen molar-refractivity contribution >= 4 is 5.97 Å². The van der Waals surface area contributed by atoms with E-state index in [4.69, 9.17) is 10.8 Å². The van der Waals surface area contributed by atoms with Gasteiger partial charge in [0.2, 0.25) is 0 Å². The highest BCUT2D eigenvalue weighted by Gasteiger charge is 2.44. The summed E-state index contributed by atoms with van der Waals surface area (Å²) in [7, 11) is 0. The van der Waals surface area contributed by atoms with Crippen LogP contribution < -0.4 is 5.73 Å². The van der Waals surface area contributed by atoms with E-state index < -0.39 is 24.4 Å². The van der Waals surface area contributed by atoms with Crippen LogP contribution in [0.25, 0.3) is 0 Å². The Bertz CT molecular complexity index is 437. The topological polar surface area (TPSA) is 83.6 Å². The van der Waals surface area contributed by atoms with E-state index in [-0.39, 0.29) is 11.3 Å². The first-order valence-corrected chi connectivity index (χ1v) is 4.86. The van der Waals surface area contributed by atoms with Crippen molar-refractivity contribution in [1.82, 2.24) is 0 Å². The first-order valence-electron chi connectivity index (χ1n) is 4.86. The molecule has 0 aliphatic rings. The molecule has 1 aromatic carbocycles. The van der Waals surface area contributed by atoms with Crippen molar-refractivity contribution in [2.45, 2.75) is 25.3 Å². The first-order chi connectivity index (χ1) is 7.77. The number of phenols is 1. The van der Waals surface area contributed by atoms with E-state index in [0.717, 1.165) is 5.56 Å². The lowest BCUT2D eigenvalue weighted by molar-refractivity contribution is -0.149. The van der Waals surface area contributed by atoms with Gasteiger partial charge in [-0.15, -0.1) is 0 Å². The van der Waals surface area contributed by atoms with Crippen LogP contribution in [-0.2, 0) is 11.2 Å². The number of carboxylic acid groups (broad SMARTS) is 1. The third kappa shape index (κ3) is 2.71. The maximum Gasteiger partial charge on any atom is 0.330 e. The van der Waals surface area contributed by atoms with Gasteiger partial charge in [-0.2, -0.15) is 0 Å². The summed E-state index contributed by atoms with van der Waals surface area (Å²) in [5.74, 6) is -2.03. The second-order valence-corrected chi connectivity index (χ2v) is 3.96. The van der Waals surface area contributed by atoms with Crippen molar-refractivity contribution in [2.75, 3.05) is 0 Å². The predicted octanol–water partition coefficient (Wildman–Crippen LogP) is 1.29. The van der Waals surface area contributed by atoms with Crippen LogP contribution in [0.3, 0.4) is 0 Å². The second kappa shape index (κ2) is 4.67. The molecule has 94 valence electrons. The Morgan fingerprint density at radius 3 is 2.53 bits per heavy atom. The summed E-state index contributed by atoms with van der Waals surface area (Å²) in [6.07, 6.45) is -3.85. The molecule has 0 spiro atoms. The first kappa shape index (κ1) is 13.4. The zero-order valence-corrected chi connectivity index (χ0v) is 9.15. The van der Waals surface area contributed by atoms with Crippen LogP contribution >= 0.6 is 0 Å². The number of phenolic OH excluding ortho intramolecular Hbond substituents is 1. The molecule has 1 unspecified atom stereocenters. The van der Waals surface area contributed by atoms with Crippen LogP contribution in [0, 0.1) is 6.92 Å². The molecule has 0 saturated carbocycles. The fourth-order valence-electron chi connectivity index (χ4n) is 1.38. The highest BCUT2D eigenvalue weighted by molar-refractivity contribution is 5.79. The van der Waals surface area contributed by atoms with Gasteiger partial charge in [-0.3, -0.25) is 0 Å². The lowest BCUT2D eigenvalue weighted by Crippen LogP contribution is -2.55. The van der Waals surface area contributed by atoms with Gasteiger partial charge in [0.25, 0.3) is 6.43 Å². The molecule has 17 heavy (non-hydrogen) atoms. The number of aryl methyl sites for hydroxylation is 1. The van der Waals surface area contributed by atoms with E-state index in [1.807, 2.05) is 0 Å². The number of carbonyl (C=O) groups is 1. The van der Waals surface area contributed by atoms with Gasteiger partial charge in [-0.1, -0.05) is 12.1 Å². The molecule has 0 aliphatic carbocycles. The molecule has 0 aliphatic heterocycles. The minimum Gasteiger partial charge on any atom is -0.508 e. The minimum atomic E-state index is -3.22. The maximum atomic E-state index is 12.6. The van der Waals surface area contributed by atoms with Crippen molar-refractivity contribution in [3.05, 3.63) is 29.3 Å². The van der Waals surface area contributed by atoms with Crippen LogP contribution in [0.1, 0.15) is 11.1 Å². The summed E-state index contributed by atoms with van der Waals surface area (Å²) in [5.41, 5.74) is 3.30. The quantitative estimate of drug-likeness (QED) is 0.746. The zero-order valence-electron chi connectivity index (χ0n) is 9.15. The number of aromatic hydroxyl groups is 1. The average molecular weight is 245 g/mol. The fraction of sp³-hybridized carbons (Fsp3) is 0.364. The molecule has 4 N–H and O–H groups in total. The SMILES string of the molecule is Cc1ccc(CC(N)(C(=O)O)C(F)F)c(O)c1. The Hall–Kier alpha value is -1.69. The predicted molar refractivity (Wildman–Crippen MR) is 57.1 cm³/mol. The van der Waals surface area contributed by atoms with E-state index in [1.165, 1.54) is 12.1 Å². The Balaban J connectivity index is 3.07. The van der Waals surface area contributed by atoms with Gasteiger partial charge in [-0.25, -0.2) is 13.6 Å². The Morgan fingerprint density at radius 1 is 1.53 bits per heavy atom. The summed E-state index contributed by atoms with van der Waals surface area (Å²) >= 11 is 0. The summed E-state index contributed by atoms with van der Waals surface area (Å²) in [6, 6.07) is 4.34. The summed E-state index contributed by atoms with van der Waals surface area (Å²) in [5, 5.41) is 18.2. The number of alkyl halides is 2. The molecule has 1 aromatic rings. The molecule has 0 amide bonds. The molecule has 0 heterocycles. The number of rotatable bonds is 4. The molecule has 0 fully saturated rings. The maximum absolute atomic E-state index is 12.6. The van der Waals surface area contributed by atoms with E-state index >= 15 is 0 Å². The molecule has 0 saturated heterocycles. The Morgan fingerprint density at radius 2 is 2.12 bits per heavy atom. The number of aliphatic carboxylic acids is 1. The largest absolute Gasteiger partial charge is 0.508 e. The van der Waals surface area contributed by atoms with Crippen LogP contribution in [0.15, 0.2) is 18.2 Å². The Labute approximate surface area is 96.7 Å². The van der Waals surface area contributed by atoms with Crippen molar-refractivity contribution in [1.29, 1.82) is 0 Å². The summed E-state index contributed by atoms with van der Waals surface area (Å²) in [4.78, 5) is 10.8. The van der Waals surface area contributed by atoms with Crippen LogP contribution in [0.2, 0.25) is 0 Å². The number of benzene rings is 1. The zero-order chi connectivity index (χ0) is 13.2. The third-order valence-corrected chi connectivity index (χ3v) is 2.51. The lowest BCUT2D eigenvalue weighted by Gasteiger charge is -2.24. The van der Waals surface area contributed by atoms with Crippen molar-refractivity contribution in [3.8, 4) is 5.75 Å². The number of halogens is 2. The van der Waals surface area contributed by atoms with E-state index in [0.29, 0.717) is 0 Å². The summed E-state index contributed by atoms with van der Waals surface area (Å²) < 4.78 is 25.3. The number of nitrogens with two attached hydrogens (primary N) is 1. The molecule has 0 bridgehead atoms. The van der Waals surface area contributed by atoms with E-state index in [1.54, 1.807) is 13.0 Å². The van der Waals surface area contributed by atoms with Gasteiger partial charge >= 0.3 is 5.97 Å². The number of hydrogen-bond donors (Lipinski definition) is 3. The molecule has 4 nitrogen and oxygen atoms in total. The smallest absolute Gasteiger partial charge is 0.330 e. The highest BCUT2D eigenvalue weighted by atomic mass is 19.3. The molecule has 1 atom stereocenters. The molecule has 0 aromatic heterocycles. The van der Waals surface area contributed by atoms with Crippen LogP contribution in [0.4, 0.5) is 8.78 Å². The highest BCUT2D eigenvalue weighted by Crippen LogP contribution is 2.26. The van der Waals surface area contributed by atoms with Gasteiger partial charge in [0, 0.05) is 6.42 Å². The molecular formula is C11H13F2NO3. The van der Waals surface area contributed by atoms with Crippen LogP contribution in [0.5, 0.6) is 5.75 Å². The Kier molecular flexibility index (Phi) is 3.67. The van der Waals surface area contributed by atoms with Gasteiger partial charge < -0.3 is 15.9 Å². The van der Waals surface area contributed by atoms with Crippen molar-refractivity contribution in [3.63, 3.8) is 0 Å².